The Morgan fingerprint density at radius 2 is 2.25 bits per heavy atom. The van der Waals surface area contributed by atoms with E-state index in [9.17, 15) is 9.50 Å². The molecule has 0 fully saturated rings. The van der Waals surface area contributed by atoms with Crippen LogP contribution in [0.4, 0.5) is 4.39 Å². The molecule has 1 heterocycles. The molecule has 2 unspecified atom stereocenters. The first-order valence-corrected chi connectivity index (χ1v) is 7.45. The van der Waals surface area contributed by atoms with Crippen molar-refractivity contribution in [2.45, 2.75) is 26.0 Å². The zero-order chi connectivity index (χ0) is 14.7. The predicted octanol–water partition coefficient (Wildman–Crippen LogP) is 3.63. The van der Waals surface area contributed by atoms with Gasteiger partial charge in [0.15, 0.2) is 0 Å². The number of rotatable bonds is 5. The van der Waals surface area contributed by atoms with Crippen LogP contribution < -0.4 is 5.32 Å². The maximum Gasteiger partial charge on any atom is 0.142 e. The van der Waals surface area contributed by atoms with Crippen molar-refractivity contribution in [1.82, 2.24) is 10.3 Å². The van der Waals surface area contributed by atoms with Crippen molar-refractivity contribution in [2.75, 3.05) is 6.54 Å². The summed E-state index contributed by atoms with van der Waals surface area (Å²) in [6.07, 6.45) is 1.05. The molecule has 0 aliphatic rings. The van der Waals surface area contributed by atoms with Crippen molar-refractivity contribution in [1.29, 1.82) is 0 Å². The Hall–Kier alpha value is -1.01. The van der Waals surface area contributed by atoms with Gasteiger partial charge < -0.3 is 10.4 Å². The Bertz CT molecular complexity index is 590. The third-order valence-corrected chi connectivity index (χ3v) is 4.41. The number of thiazole rings is 1. The summed E-state index contributed by atoms with van der Waals surface area (Å²) in [7, 11) is 0. The van der Waals surface area contributed by atoms with Crippen LogP contribution in [-0.4, -0.2) is 16.6 Å². The van der Waals surface area contributed by atoms with Crippen LogP contribution in [0.3, 0.4) is 0 Å². The molecule has 2 N–H and O–H groups in total. The molecule has 0 aliphatic heterocycles. The van der Waals surface area contributed by atoms with E-state index in [0.29, 0.717) is 12.1 Å². The number of hydrogen-bond acceptors (Lipinski definition) is 4. The Balaban J connectivity index is 1.94. The van der Waals surface area contributed by atoms with E-state index in [1.54, 1.807) is 17.4 Å². The van der Waals surface area contributed by atoms with Gasteiger partial charge in [0.2, 0.25) is 0 Å². The largest absolute Gasteiger partial charge is 0.387 e. The van der Waals surface area contributed by atoms with Crippen LogP contribution in [0.15, 0.2) is 24.4 Å². The average Bonchev–Trinajstić information content (AvgIpc) is 2.85. The fraction of sp³-hybridized carbons (Fsp3) is 0.357. The summed E-state index contributed by atoms with van der Waals surface area (Å²) in [5.74, 6) is -0.519. The maximum absolute atomic E-state index is 13.3. The number of benzene rings is 1. The summed E-state index contributed by atoms with van der Waals surface area (Å²) in [6.45, 7) is 4.29. The molecular formula is C14H16ClFN2OS. The van der Waals surface area contributed by atoms with Crippen LogP contribution in [0.1, 0.15) is 34.5 Å². The van der Waals surface area contributed by atoms with Gasteiger partial charge in [-0.2, -0.15) is 0 Å². The van der Waals surface area contributed by atoms with Crippen LogP contribution >= 0.6 is 22.9 Å². The quantitative estimate of drug-likeness (QED) is 0.886. The van der Waals surface area contributed by atoms with Crippen LogP contribution in [0.25, 0.3) is 0 Å². The van der Waals surface area contributed by atoms with Gasteiger partial charge in [0.05, 0.1) is 16.1 Å². The van der Waals surface area contributed by atoms with E-state index in [2.05, 4.69) is 10.3 Å². The molecule has 0 amide bonds. The molecule has 20 heavy (non-hydrogen) atoms. The van der Waals surface area contributed by atoms with Crippen molar-refractivity contribution in [3.63, 3.8) is 0 Å². The number of halogens is 2. The SMILES string of the molecule is Cc1ncc(C(C)NCC(O)c2ccc(Cl)c(F)c2)s1. The standard InChI is InChI=1S/C14H16ClFN2OS/c1-8(14-7-18-9(2)20-14)17-6-13(19)10-3-4-11(15)12(16)5-10/h3-5,7-8,13,17,19H,6H2,1-2H3. The van der Waals surface area contributed by atoms with Crippen LogP contribution in [0.2, 0.25) is 5.02 Å². The van der Waals surface area contributed by atoms with E-state index in [0.717, 1.165) is 9.88 Å². The highest BCUT2D eigenvalue weighted by atomic mass is 35.5. The minimum Gasteiger partial charge on any atom is -0.387 e. The molecule has 1 aromatic carbocycles. The van der Waals surface area contributed by atoms with Crippen LogP contribution in [-0.2, 0) is 0 Å². The summed E-state index contributed by atoms with van der Waals surface area (Å²) in [6, 6.07) is 4.42. The second-order valence-corrected chi connectivity index (χ2v) is 6.27. The molecule has 0 aliphatic carbocycles. The van der Waals surface area contributed by atoms with Crippen LogP contribution in [0, 0.1) is 12.7 Å². The summed E-state index contributed by atoms with van der Waals surface area (Å²) in [5.41, 5.74) is 0.507. The Kier molecular flexibility index (Phi) is 5.10. The summed E-state index contributed by atoms with van der Waals surface area (Å²) in [4.78, 5) is 5.30. The fourth-order valence-corrected chi connectivity index (χ4v) is 2.73. The number of aromatic nitrogens is 1. The molecule has 1 aromatic heterocycles. The smallest absolute Gasteiger partial charge is 0.142 e. The molecule has 2 atom stereocenters. The third-order valence-electron chi connectivity index (χ3n) is 3.01. The minimum absolute atomic E-state index is 0.0578. The molecule has 6 heteroatoms. The van der Waals surface area contributed by atoms with E-state index in [-0.39, 0.29) is 11.1 Å². The van der Waals surface area contributed by atoms with Gasteiger partial charge in [-0.25, -0.2) is 9.37 Å². The fourth-order valence-electron chi connectivity index (χ4n) is 1.80. The number of hydrogen-bond donors (Lipinski definition) is 2. The molecule has 0 radical (unpaired) electrons. The van der Waals surface area contributed by atoms with Crippen LogP contribution in [0.5, 0.6) is 0 Å². The average molecular weight is 315 g/mol. The Labute approximate surface area is 126 Å². The molecule has 108 valence electrons. The minimum atomic E-state index is -0.779. The van der Waals surface area contributed by atoms with Crippen molar-refractivity contribution >= 4 is 22.9 Å². The van der Waals surface area contributed by atoms with E-state index in [1.807, 2.05) is 20.0 Å². The van der Waals surface area contributed by atoms with Crippen molar-refractivity contribution in [3.05, 3.63) is 50.7 Å². The van der Waals surface area contributed by atoms with Crippen molar-refractivity contribution < 1.29 is 9.50 Å². The van der Waals surface area contributed by atoms with E-state index in [1.165, 1.54) is 12.1 Å². The van der Waals surface area contributed by atoms with Gasteiger partial charge in [-0.3, -0.25) is 0 Å². The number of aryl methyl sites for hydroxylation is 1. The molecule has 0 spiro atoms. The van der Waals surface area contributed by atoms with Crippen molar-refractivity contribution in [2.24, 2.45) is 0 Å². The van der Waals surface area contributed by atoms with Gasteiger partial charge in [0.1, 0.15) is 5.82 Å². The second-order valence-electron chi connectivity index (χ2n) is 4.60. The zero-order valence-electron chi connectivity index (χ0n) is 11.2. The van der Waals surface area contributed by atoms with Gasteiger partial charge in [0.25, 0.3) is 0 Å². The molecule has 2 aromatic rings. The summed E-state index contributed by atoms with van der Waals surface area (Å²) < 4.78 is 13.3. The molecular weight excluding hydrogens is 299 g/mol. The third kappa shape index (κ3) is 3.76. The van der Waals surface area contributed by atoms with Gasteiger partial charge in [-0.05, 0) is 31.5 Å². The van der Waals surface area contributed by atoms with Crippen molar-refractivity contribution in [3.8, 4) is 0 Å². The first-order chi connectivity index (χ1) is 9.47. The molecule has 0 saturated carbocycles. The topological polar surface area (TPSA) is 45.2 Å². The van der Waals surface area contributed by atoms with Gasteiger partial charge in [-0.15, -0.1) is 11.3 Å². The molecule has 0 saturated heterocycles. The molecule has 2 rings (SSSR count). The lowest BCUT2D eigenvalue weighted by Gasteiger charge is -2.16. The van der Waals surface area contributed by atoms with E-state index >= 15 is 0 Å². The maximum atomic E-state index is 13.3. The van der Waals surface area contributed by atoms with Gasteiger partial charge >= 0.3 is 0 Å². The normalized spacial score (nSPS) is 14.2. The lowest BCUT2D eigenvalue weighted by atomic mass is 10.1. The number of aliphatic hydroxyl groups is 1. The number of aliphatic hydroxyl groups excluding tert-OH is 1. The Morgan fingerprint density at radius 1 is 1.50 bits per heavy atom. The Morgan fingerprint density at radius 3 is 2.85 bits per heavy atom. The van der Waals surface area contributed by atoms with Gasteiger partial charge in [0, 0.05) is 23.7 Å². The van der Waals surface area contributed by atoms with E-state index in [4.69, 9.17) is 11.6 Å². The highest BCUT2D eigenvalue weighted by Gasteiger charge is 2.13. The lowest BCUT2D eigenvalue weighted by Crippen LogP contribution is -2.24. The predicted molar refractivity (Wildman–Crippen MR) is 79.6 cm³/mol. The van der Waals surface area contributed by atoms with Gasteiger partial charge in [-0.1, -0.05) is 17.7 Å². The van der Waals surface area contributed by atoms with E-state index < -0.39 is 11.9 Å². The molecule has 0 bridgehead atoms. The highest BCUT2D eigenvalue weighted by molar-refractivity contribution is 7.11. The number of nitrogens with zero attached hydrogens (tertiary/aromatic N) is 1. The summed E-state index contributed by atoms with van der Waals surface area (Å²) in [5, 5.41) is 14.3. The summed E-state index contributed by atoms with van der Waals surface area (Å²) >= 11 is 7.23. The number of nitrogens with one attached hydrogen (secondary N) is 1. The monoisotopic (exact) mass is 314 g/mol. The molecule has 3 nitrogen and oxygen atoms in total. The first-order valence-electron chi connectivity index (χ1n) is 6.26. The highest BCUT2D eigenvalue weighted by Crippen LogP contribution is 2.22. The first kappa shape index (κ1) is 15.4. The zero-order valence-corrected chi connectivity index (χ0v) is 12.8. The lowest BCUT2D eigenvalue weighted by molar-refractivity contribution is 0.170. The second kappa shape index (κ2) is 6.63.